The maximum absolute atomic E-state index is 13.4. The number of aryl methyl sites for hydroxylation is 1. The van der Waals surface area contributed by atoms with Crippen molar-refractivity contribution in [2.75, 3.05) is 18.1 Å². The highest BCUT2D eigenvalue weighted by atomic mass is 19.1. The van der Waals surface area contributed by atoms with Gasteiger partial charge in [-0.3, -0.25) is 0 Å². The number of rotatable bonds is 4. The molecule has 114 valence electrons. The van der Waals surface area contributed by atoms with Crippen molar-refractivity contribution in [2.24, 2.45) is 5.92 Å². The molecule has 0 spiro atoms. The molecular formula is C18H24FNO. The number of ether oxygens (including phenoxy) is 1. The van der Waals surface area contributed by atoms with Crippen molar-refractivity contribution in [1.82, 2.24) is 0 Å². The zero-order valence-electron chi connectivity index (χ0n) is 13.2. The fraction of sp³-hybridized carbons (Fsp3) is 0.444. The summed E-state index contributed by atoms with van der Waals surface area (Å²) in [4.78, 5) is 2.16. The van der Waals surface area contributed by atoms with Gasteiger partial charge in [0.05, 0.1) is 0 Å². The summed E-state index contributed by atoms with van der Waals surface area (Å²) in [6, 6.07) is 4.92. The first-order chi connectivity index (χ1) is 10.0. The van der Waals surface area contributed by atoms with Crippen molar-refractivity contribution in [3.05, 3.63) is 53.6 Å². The monoisotopic (exact) mass is 289 g/mol. The summed E-state index contributed by atoms with van der Waals surface area (Å²) in [5.74, 6) is 0.212. The molecule has 1 fully saturated rings. The van der Waals surface area contributed by atoms with E-state index in [4.69, 9.17) is 4.74 Å². The van der Waals surface area contributed by atoms with Crippen molar-refractivity contribution in [3.8, 4) is 0 Å². The van der Waals surface area contributed by atoms with E-state index in [-0.39, 0.29) is 5.82 Å². The normalized spacial score (nSPS) is 16.9. The molecule has 0 unspecified atom stereocenters. The van der Waals surface area contributed by atoms with Crippen molar-refractivity contribution >= 4 is 5.69 Å². The van der Waals surface area contributed by atoms with Crippen molar-refractivity contribution in [3.63, 3.8) is 0 Å². The number of anilines is 1. The lowest BCUT2D eigenvalue weighted by atomic mass is 9.95. The average molecular weight is 289 g/mol. The minimum Gasteiger partial charge on any atom is -0.381 e. The maximum Gasteiger partial charge on any atom is 0.123 e. The van der Waals surface area contributed by atoms with Crippen LogP contribution in [0.5, 0.6) is 0 Å². The van der Waals surface area contributed by atoms with Gasteiger partial charge in [0.2, 0.25) is 0 Å². The number of hydrogen-bond acceptors (Lipinski definition) is 2. The van der Waals surface area contributed by atoms with Crippen LogP contribution in [0.3, 0.4) is 0 Å². The topological polar surface area (TPSA) is 12.5 Å². The first-order valence-corrected chi connectivity index (χ1v) is 7.50. The molecular weight excluding hydrogens is 265 g/mol. The Morgan fingerprint density at radius 1 is 1.38 bits per heavy atom. The Kier molecular flexibility index (Phi) is 5.18. The molecule has 3 heteroatoms. The molecule has 0 bridgehead atoms. The van der Waals surface area contributed by atoms with Gasteiger partial charge in [0, 0.05) is 36.2 Å². The third kappa shape index (κ3) is 3.53. The fourth-order valence-corrected chi connectivity index (χ4v) is 2.78. The van der Waals surface area contributed by atoms with Gasteiger partial charge in [-0.15, -0.1) is 0 Å². The van der Waals surface area contributed by atoms with Crippen molar-refractivity contribution in [2.45, 2.75) is 33.6 Å². The Balaban J connectivity index is 2.36. The summed E-state index contributed by atoms with van der Waals surface area (Å²) in [5, 5.41) is 0. The maximum atomic E-state index is 13.4. The third-order valence-corrected chi connectivity index (χ3v) is 4.15. The van der Waals surface area contributed by atoms with Gasteiger partial charge in [-0.05, 0) is 57.4 Å². The summed E-state index contributed by atoms with van der Waals surface area (Å²) in [5.41, 5.74) is 4.11. The average Bonchev–Trinajstić information content (AvgIpc) is 2.50. The summed E-state index contributed by atoms with van der Waals surface area (Å²) in [6.07, 6.45) is 4.05. The van der Waals surface area contributed by atoms with E-state index in [2.05, 4.69) is 24.5 Å². The van der Waals surface area contributed by atoms with E-state index in [0.717, 1.165) is 48.7 Å². The van der Waals surface area contributed by atoms with Gasteiger partial charge < -0.3 is 9.64 Å². The van der Waals surface area contributed by atoms with E-state index in [9.17, 15) is 4.39 Å². The Labute approximate surface area is 126 Å². The van der Waals surface area contributed by atoms with Gasteiger partial charge in [-0.1, -0.05) is 12.7 Å². The summed E-state index contributed by atoms with van der Waals surface area (Å²) < 4.78 is 18.8. The van der Waals surface area contributed by atoms with Gasteiger partial charge in [0.25, 0.3) is 0 Å². The van der Waals surface area contributed by atoms with E-state index in [0.29, 0.717) is 5.92 Å². The van der Waals surface area contributed by atoms with Crippen LogP contribution in [-0.2, 0) is 4.74 Å². The molecule has 1 aromatic carbocycles. The lowest BCUT2D eigenvalue weighted by molar-refractivity contribution is 0.0754. The molecule has 0 amide bonds. The van der Waals surface area contributed by atoms with Crippen LogP contribution >= 0.6 is 0 Å². The van der Waals surface area contributed by atoms with Crippen LogP contribution in [0.25, 0.3) is 0 Å². The van der Waals surface area contributed by atoms with E-state index < -0.39 is 0 Å². The minimum absolute atomic E-state index is 0.203. The number of hydrogen-bond donors (Lipinski definition) is 0. The van der Waals surface area contributed by atoms with E-state index in [1.165, 1.54) is 6.07 Å². The second kappa shape index (κ2) is 6.90. The van der Waals surface area contributed by atoms with Gasteiger partial charge in [-0.25, -0.2) is 4.39 Å². The smallest absolute Gasteiger partial charge is 0.123 e. The highest BCUT2D eigenvalue weighted by Crippen LogP contribution is 2.34. The molecule has 1 aromatic rings. The Hall–Kier alpha value is -1.61. The SMILES string of the molecule is C=C(C1CCOCC1)N(/C(C)=C/C)c1ccc(F)cc1C. The Morgan fingerprint density at radius 3 is 2.62 bits per heavy atom. The fourth-order valence-electron chi connectivity index (χ4n) is 2.78. The number of allylic oxidation sites excluding steroid dienone is 3. The van der Waals surface area contributed by atoms with E-state index in [1.807, 2.05) is 19.9 Å². The van der Waals surface area contributed by atoms with Crippen LogP contribution in [-0.4, -0.2) is 13.2 Å². The van der Waals surface area contributed by atoms with E-state index >= 15 is 0 Å². The lowest BCUT2D eigenvalue weighted by Gasteiger charge is -2.35. The predicted octanol–water partition coefficient (Wildman–Crippen LogP) is 4.80. The van der Waals surface area contributed by atoms with Crippen LogP contribution in [0.4, 0.5) is 10.1 Å². The Bertz CT molecular complexity index is 544. The largest absolute Gasteiger partial charge is 0.381 e. The standard InChI is InChI=1S/C18H24FNO/c1-5-14(3)20(15(4)16-8-10-21-11-9-16)18-7-6-17(19)12-13(18)2/h5-7,12,16H,4,8-11H2,1-3H3/b14-5+. The Morgan fingerprint density at radius 2 is 2.05 bits per heavy atom. The summed E-state index contributed by atoms with van der Waals surface area (Å²) >= 11 is 0. The molecule has 1 aliphatic heterocycles. The number of benzene rings is 1. The van der Waals surface area contributed by atoms with E-state index in [1.54, 1.807) is 6.07 Å². The second-order valence-corrected chi connectivity index (χ2v) is 5.57. The molecule has 2 nitrogen and oxygen atoms in total. The summed E-state index contributed by atoms with van der Waals surface area (Å²) in [6.45, 7) is 11.9. The molecule has 21 heavy (non-hydrogen) atoms. The second-order valence-electron chi connectivity index (χ2n) is 5.57. The van der Waals surface area contributed by atoms with Crippen LogP contribution in [0.15, 0.2) is 42.2 Å². The minimum atomic E-state index is -0.203. The van der Waals surface area contributed by atoms with Crippen molar-refractivity contribution < 1.29 is 9.13 Å². The van der Waals surface area contributed by atoms with Crippen LogP contribution in [0.1, 0.15) is 32.3 Å². The molecule has 0 N–H and O–H groups in total. The van der Waals surface area contributed by atoms with Gasteiger partial charge in [-0.2, -0.15) is 0 Å². The number of nitrogens with zero attached hydrogens (tertiary/aromatic N) is 1. The quantitative estimate of drug-likeness (QED) is 0.789. The zero-order chi connectivity index (χ0) is 15.4. The van der Waals surface area contributed by atoms with Crippen LogP contribution in [0, 0.1) is 18.7 Å². The zero-order valence-corrected chi connectivity index (χ0v) is 13.2. The highest BCUT2D eigenvalue weighted by Gasteiger charge is 2.24. The highest BCUT2D eigenvalue weighted by molar-refractivity contribution is 5.62. The van der Waals surface area contributed by atoms with Gasteiger partial charge in [0.1, 0.15) is 5.82 Å². The molecule has 0 aliphatic carbocycles. The molecule has 1 saturated heterocycles. The molecule has 0 saturated carbocycles. The molecule has 0 atom stereocenters. The van der Waals surface area contributed by atoms with Gasteiger partial charge in [0.15, 0.2) is 0 Å². The first-order valence-electron chi connectivity index (χ1n) is 7.50. The van der Waals surface area contributed by atoms with Crippen LogP contribution in [0.2, 0.25) is 0 Å². The third-order valence-electron chi connectivity index (χ3n) is 4.15. The molecule has 0 aromatic heterocycles. The molecule has 1 aliphatic rings. The molecule has 1 heterocycles. The molecule has 0 radical (unpaired) electrons. The van der Waals surface area contributed by atoms with Gasteiger partial charge >= 0.3 is 0 Å². The molecule has 2 rings (SSSR count). The van der Waals surface area contributed by atoms with Crippen molar-refractivity contribution in [1.29, 1.82) is 0 Å². The predicted molar refractivity (Wildman–Crippen MR) is 85.7 cm³/mol. The lowest BCUT2D eigenvalue weighted by Crippen LogP contribution is -2.29. The summed E-state index contributed by atoms with van der Waals surface area (Å²) in [7, 11) is 0. The van der Waals surface area contributed by atoms with Crippen LogP contribution < -0.4 is 4.90 Å². The number of halogens is 1. The first kappa shape index (κ1) is 15.8.